The maximum atomic E-state index is 10.00. The summed E-state index contributed by atoms with van der Waals surface area (Å²) in [6, 6.07) is 0. The van der Waals surface area contributed by atoms with Gasteiger partial charge in [-0.15, -0.1) is 0 Å². The van der Waals surface area contributed by atoms with Crippen molar-refractivity contribution in [3.63, 3.8) is 0 Å². The molecule has 0 amide bonds. The Morgan fingerprint density at radius 1 is 0.688 bits per heavy atom. The van der Waals surface area contributed by atoms with E-state index in [9.17, 15) is 19.2 Å². The van der Waals surface area contributed by atoms with Crippen LogP contribution in [0.4, 0.5) is 0 Å². The molecule has 0 radical (unpaired) electrons. The lowest BCUT2D eigenvalue weighted by Crippen LogP contribution is -1.89. The predicted molar refractivity (Wildman–Crippen MR) is 54.9 cm³/mol. The van der Waals surface area contributed by atoms with Crippen LogP contribution in [0.1, 0.15) is 13.8 Å². The molecule has 0 aliphatic carbocycles. The molecule has 88 valence electrons. The molecule has 0 spiro atoms. The maximum Gasteiger partial charge on any atom is 0.328 e. The Hall–Kier alpha value is -2.24. The fraction of sp³-hybridized carbons (Fsp3) is 0.200. The van der Waals surface area contributed by atoms with Crippen LogP contribution >= 0.6 is 0 Å². The molecule has 0 aliphatic rings. The summed E-state index contributed by atoms with van der Waals surface area (Å²) < 4.78 is 0. The monoisotopic (exact) mass is 228 g/mol. The van der Waals surface area contributed by atoms with Crippen LogP contribution in [0.25, 0.3) is 0 Å². The van der Waals surface area contributed by atoms with Crippen LogP contribution in [0.2, 0.25) is 0 Å². The number of allylic oxidation sites excluding steroid dienone is 2. The molecule has 0 aliphatic heterocycles. The van der Waals surface area contributed by atoms with Crippen molar-refractivity contribution in [2.24, 2.45) is 0 Å². The minimum absolute atomic E-state index is 0.257. The van der Waals surface area contributed by atoms with Gasteiger partial charge in [0.1, 0.15) is 0 Å². The molecule has 0 rings (SSSR count). The number of aliphatic carboxylic acids is 2. The first-order valence-corrected chi connectivity index (χ1v) is 4.09. The molecule has 0 unspecified atom stereocenters. The lowest BCUT2D eigenvalue weighted by molar-refractivity contribution is -0.132. The Labute approximate surface area is 91.9 Å². The Bertz CT molecular complexity index is 271. The van der Waals surface area contributed by atoms with Gasteiger partial charge in [-0.05, 0) is 26.0 Å². The number of hydrogen-bond acceptors (Lipinski definition) is 4. The molecule has 0 atom stereocenters. The molecule has 0 aromatic rings. The van der Waals surface area contributed by atoms with E-state index in [0.29, 0.717) is 0 Å². The van der Waals surface area contributed by atoms with Crippen molar-refractivity contribution >= 4 is 23.5 Å². The SMILES string of the molecule is CC(=O)C=CC(=O)O.CC(=O)C=CC(=O)O. The van der Waals surface area contributed by atoms with Crippen molar-refractivity contribution in [2.75, 3.05) is 0 Å². The van der Waals surface area contributed by atoms with E-state index in [1.54, 1.807) is 0 Å². The Morgan fingerprint density at radius 3 is 1.00 bits per heavy atom. The summed E-state index contributed by atoms with van der Waals surface area (Å²) in [5, 5.41) is 15.8. The Balaban J connectivity index is 0. The average Bonchev–Trinajstić information content (AvgIpc) is 2.12. The molecular weight excluding hydrogens is 216 g/mol. The highest BCUT2D eigenvalue weighted by Gasteiger charge is 1.86. The highest BCUT2D eigenvalue weighted by molar-refractivity contribution is 5.94. The summed E-state index contributed by atoms with van der Waals surface area (Å²) >= 11 is 0. The van der Waals surface area contributed by atoms with Gasteiger partial charge < -0.3 is 10.2 Å². The molecule has 2 N–H and O–H groups in total. The van der Waals surface area contributed by atoms with Gasteiger partial charge >= 0.3 is 11.9 Å². The van der Waals surface area contributed by atoms with Gasteiger partial charge in [0.25, 0.3) is 0 Å². The van der Waals surface area contributed by atoms with Gasteiger partial charge in [0.2, 0.25) is 0 Å². The third kappa shape index (κ3) is 22.6. The first kappa shape index (κ1) is 16.2. The van der Waals surface area contributed by atoms with E-state index in [0.717, 1.165) is 24.3 Å². The lowest BCUT2D eigenvalue weighted by atomic mass is 10.4. The molecule has 0 saturated heterocycles. The summed E-state index contributed by atoms with van der Waals surface area (Å²) in [4.78, 5) is 39.3. The zero-order valence-electron chi connectivity index (χ0n) is 8.84. The van der Waals surface area contributed by atoms with Crippen molar-refractivity contribution in [1.82, 2.24) is 0 Å². The molecule has 0 aromatic carbocycles. The number of rotatable bonds is 4. The van der Waals surface area contributed by atoms with E-state index in [1.807, 2.05) is 0 Å². The fourth-order valence-corrected chi connectivity index (χ4v) is 0.377. The highest BCUT2D eigenvalue weighted by atomic mass is 16.4. The largest absolute Gasteiger partial charge is 0.478 e. The van der Waals surface area contributed by atoms with Crippen LogP contribution < -0.4 is 0 Å². The quantitative estimate of drug-likeness (QED) is 0.675. The summed E-state index contributed by atoms with van der Waals surface area (Å²) in [5.41, 5.74) is 0. The van der Waals surface area contributed by atoms with E-state index in [2.05, 4.69) is 0 Å². The third-order valence-corrected chi connectivity index (χ3v) is 0.921. The number of hydrogen-bond donors (Lipinski definition) is 2. The Kier molecular flexibility index (Phi) is 9.44. The number of carbonyl (C=O) groups excluding carboxylic acids is 2. The first-order chi connectivity index (χ1) is 7.25. The normalized spacial score (nSPS) is 9.62. The summed E-state index contributed by atoms with van der Waals surface area (Å²) in [6.45, 7) is 2.58. The first-order valence-electron chi connectivity index (χ1n) is 4.09. The zero-order valence-corrected chi connectivity index (χ0v) is 8.84. The van der Waals surface area contributed by atoms with Crippen molar-refractivity contribution in [3.8, 4) is 0 Å². The third-order valence-electron chi connectivity index (χ3n) is 0.921. The molecule has 16 heavy (non-hydrogen) atoms. The van der Waals surface area contributed by atoms with E-state index < -0.39 is 11.9 Å². The van der Waals surface area contributed by atoms with Gasteiger partial charge in [-0.25, -0.2) is 9.59 Å². The minimum Gasteiger partial charge on any atom is -0.478 e. The molecule has 6 nitrogen and oxygen atoms in total. The lowest BCUT2D eigenvalue weighted by Gasteiger charge is -1.74. The van der Waals surface area contributed by atoms with Crippen LogP contribution in [-0.2, 0) is 19.2 Å². The topological polar surface area (TPSA) is 109 Å². The second-order valence-corrected chi connectivity index (χ2v) is 2.56. The molecule has 0 saturated carbocycles. The molecule has 0 bridgehead atoms. The molecule has 0 aromatic heterocycles. The second-order valence-electron chi connectivity index (χ2n) is 2.56. The van der Waals surface area contributed by atoms with Crippen LogP contribution in [0.5, 0.6) is 0 Å². The predicted octanol–water partition coefficient (Wildman–Crippen LogP) is 0.432. The van der Waals surface area contributed by atoms with Gasteiger partial charge in [-0.3, -0.25) is 9.59 Å². The summed E-state index contributed by atoms with van der Waals surface area (Å²) in [7, 11) is 0. The standard InChI is InChI=1S/2C5H6O3/c2*1-4(6)2-3-5(7)8/h2*2-3H,1H3,(H,7,8). The fourth-order valence-electron chi connectivity index (χ4n) is 0.377. The zero-order chi connectivity index (χ0) is 13.1. The van der Waals surface area contributed by atoms with Crippen LogP contribution in [0.15, 0.2) is 24.3 Å². The summed E-state index contributed by atoms with van der Waals surface area (Å²) in [6.07, 6.45) is 3.62. The number of carboxylic acids is 2. The molecule has 0 heterocycles. The van der Waals surface area contributed by atoms with Crippen LogP contribution in [0.3, 0.4) is 0 Å². The summed E-state index contributed by atoms with van der Waals surface area (Å²) in [5.74, 6) is -2.71. The van der Waals surface area contributed by atoms with Gasteiger partial charge in [0.15, 0.2) is 11.6 Å². The number of ketones is 2. The van der Waals surface area contributed by atoms with Crippen molar-refractivity contribution < 1.29 is 29.4 Å². The number of carboxylic acid groups (broad SMARTS) is 2. The average molecular weight is 228 g/mol. The van der Waals surface area contributed by atoms with Crippen molar-refractivity contribution in [2.45, 2.75) is 13.8 Å². The van der Waals surface area contributed by atoms with Gasteiger partial charge in [-0.2, -0.15) is 0 Å². The minimum atomic E-state index is -1.10. The van der Waals surface area contributed by atoms with Gasteiger partial charge in [0, 0.05) is 12.2 Å². The molecular formula is C10H12O6. The highest BCUT2D eigenvalue weighted by Crippen LogP contribution is 1.73. The van der Waals surface area contributed by atoms with E-state index >= 15 is 0 Å². The molecule has 6 heteroatoms. The smallest absolute Gasteiger partial charge is 0.328 e. The maximum absolute atomic E-state index is 10.00. The van der Waals surface area contributed by atoms with Gasteiger partial charge in [0.05, 0.1) is 0 Å². The van der Waals surface area contributed by atoms with Crippen molar-refractivity contribution in [1.29, 1.82) is 0 Å². The van der Waals surface area contributed by atoms with Crippen LogP contribution in [-0.4, -0.2) is 33.7 Å². The second kappa shape index (κ2) is 9.32. The Morgan fingerprint density at radius 2 is 0.938 bits per heavy atom. The van der Waals surface area contributed by atoms with E-state index in [4.69, 9.17) is 10.2 Å². The van der Waals surface area contributed by atoms with E-state index in [-0.39, 0.29) is 11.6 Å². The number of carbonyl (C=O) groups is 4. The van der Waals surface area contributed by atoms with E-state index in [1.165, 1.54) is 13.8 Å². The van der Waals surface area contributed by atoms with Gasteiger partial charge in [-0.1, -0.05) is 0 Å². The van der Waals surface area contributed by atoms with Crippen LogP contribution in [0, 0.1) is 0 Å². The van der Waals surface area contributed by atoms with Crippen molar-refractivity contribution in [3.05, 3.63) is 24.3 Å². The molecule has 0 fully saturated rings.